The minimum atomic E-state index is 0.583. The van der Waals surface area contributed by atoms with Gasteiger partial charge in [-0.1, -0.05) is 140 Å². The molecule has 0 bridgehead atoms. The molecule has 5 heteroatoms. The molecular weight excluding hydrogens is 635 g/mol. The lowest BCUT2D eigenvalue weighted by molar-refractivity contribution is 0.954. The molecule has 5 aromatic heterocycles. The maximum Gasteiger partial charge on any atom is 0.238 e. The molecule has 0 spiro atoms. The average Bonchev–Trinajstić information content (AvgIpc) is 3.86. The van der Waals surface area contributed by atoms with Crippen LogP contribution in [0.4, 0.5) is 0 Å². The molecule has 0 fully saturated rings. The summed E-state index contributed by atoms with van der Waals surface area (Å²) in [7, 11) is 0. The first kappa shape index (κ1) is 28.7. The fourth-order valence-corrected chi connectivity index (χ4v) is 8.02. The predicted molar refractivity (Wildman–Crippen MR) is 213 cm³/mol. The van der Waals surface area contributed by atoms with Crippen LogP contribution in [0.2, 0.25) is 0 Å². The van der Waals surface area contributed by atoms with Crippen LogP contribution in [0, 0.1) is 0 Å². The van der Waals surface area contributed by atoms with Gasteiger partial charge >= 0.3 is 0 Å². The first-order valence-electron chi connectivity index (χ1n) is 17.5. The van der Waals surface area contributed by atoms with Crippen LogP contribution in [0.25, 0.3) is 100 Å². The van der Waals surface area contributed by atoms with Gasteiger partial charge in [0.05, 0.1) is 27.6 Å². The molecule has 11 aromatic rings. The molecule has 52 heavy (non-hydrogen) atoms. The van der Waals surface area contributed by atoms with Crippen molar-refractivity contribution in [3.05, 3.63) is 176 Å². The Labute approximate surface area is 299 Å². The summed E-state index contributed by atoms with van der Waals surface area (Å²) in [5.74, 6) is 1.83. The lowest BCUT2D eigenvalue weighted by Crippen LogP contribution is -2.06. The van der Waals surface area contributed by atoms with E-state index < -0.39 is 0 Å². The largest absolute Gasteiger partial charge is 0.306 e. The van der Waals surface area contributed by atoms with Gasteiger partial charge in [-0.15, -0.1) is 0 Å². The van der Waals surface area contributed by atoms with Crippen LogP contribution >= 0.6 is 0 Å². The molecule has 0 aliphatic heterocycles. The predicted octanol–water partition coefficient (Wildman–Crippen LogP) is 11.6. The lowest BCUT2D eigenvalue weighted by atomic mass is 9.96. The number of nitrogens with zero attached hydrogens (tertiary/aromatic N) is 5. The Morgan fingerprint density at radius 2 is 0.827 bits per heavy atom. The zero-order valence-electron chi connectivity index (χ0n) is 28.0. The van der Waals surface area contributed by atoms with E-state index in [9.17, 15) is 0 Å². The zero-order valence-corrected chi connectivity index (χ0v) is 28.0. The number of para-hydroxylation sites is 1. The van der Waals surface area contributed by atoms with E-state index in [0.29, 0.717) is 17.6 Å². The molecule has 0 radical (unpaired) electrons. The van der Waals surface area contributed by atoms with E-state index in [1.807, 2.05) is 18.2 Å². The van der Waals surface area contributed by atoms with Gasteiger partial charge in [0.2, 0.25) is 5.95 Å². The minimum absolute atomic E-state index is 0.583. The van der Waals surface area contributed by atoms with Crippen molar-refractivity contribution in [3.8, 4) is 51.0 Å². The van der Waals surface area contributed by atoms with Gasteiger partial charge in [-0.2, -0.15) is 9.97 Å². The summed E-state index contributed by atoms with van der Waals surface area (Å²) in [6, 6.07) is 61.8. The van der Waals surface area contributed by atoms with E-state index in [0.717, 1.165) is 49.9 Å². The van der Waals surface area contributed by atoms with Crippen molar-refractivity contribution in [1.29, 1.82) is 0 Å². The van der Waals surface area contributed by atoms with Gasteiger partial charge in [0.15, 0.2) is 11.6 Å². The Morgan fingerprint density at radius 1 is 0.327 bits per heavy atom. The second-order valence-corrected chi connectivity index (χ2v) is 13.3. The van der Waals surface area contributed by atoms with E-state index in [1.165, 1.54) is 32.6 Å². The second-order valence-electron chi connectivity index (χ2n) is 13.3. The molecular formula is C47H29N5. The highest BCUT2D eigenvalue weighted by Gasteiger charge is 2.25. The quantitative estimate of drug-likeness (QED) is 0.184. The highest BCUT2D eigenvalue weighted by Crippen LogP contribution is 2.44. The van der Waals surface area contributed by atoms with Crippen molar-refractivity contribution >= 4 is 49.1 Å². The normalized spacial score (nSPS) is 11.8. The maximum absolute atomic E-state index is 5.37. The molecule has 0 amide bonds. The fraction of sp³-hybridized carbons (Fsp3) is 0. The third-order valence-electron chi connectivity index (χ3n) is 10.3. The van der Waals surface area contributed by atoms with E-state index in [-0.39, 0.29) is 0 Å². The van der Waals surface area contributed by atoms with Crippen LogP contribution in [-0.4, -0.2) is 23.9 Å². The molecule has 0 aliphatic carbocycles. The number of benzene rings is 6. The highest BCUT2D eigenvalue weighted by atomic mass is 15.2. The summed E-state index contributed by atoms with van der Waals surface area (Å²) in [5.41, 5.74) is 12.0. The van der Waals surface area contributed by atoms with E-state index in [1.54, 1.807) is 0 Å². The lowest BCUT2D eigenvalue weighted by Gasteiger charge is -2.13. The van der Waals surface area contributed by atoms with Crippen LogP contribution in [0.5, 0.6) is 0 Å². The van der Waals surface area contributed by atoms with Crippen molar-refractivity contribution in [1.82, 2.24) is 23.9 Å². The van der Waals surface area contributed by atoms with Gasteiger partial charge in [-0.25, -0.2) is 4.98 Å². The molecule has 6 aromatic carbocycles. The number of hydrogen-bond acceptors (Lipinski definition) is 3. The molecule has 0 unspecified atom stereocenters. The van der Waals surface area contributed by atoms with Gasteiger partial charge in [-0.3, -0.25) is 4.57 Å². The van der Waals surface area contributed by atoms with Crippen LogP contribution in [0.3, 0.4) is 0 Å². The first-order valence-corrected chi connectivity index (χ1v) is 17.5. The summed E-state index contributed by atoms with van der Waals surface area (Å²) in [6.45, 7) is 0. The van der Waals surface area contributed by atoms with Crippen LogP contribution < -0.4 is 0 Å². The Bertz CT molecular complexity index is 3050. The third-order valence-corrected chi connectivity index (χ3v) is 10.3. The van der Waals surface area contributed by atoms with Gasteiger partial charge in [0.25, 0.3) is 0 Å². The number of pyridine rings is 1. The molecule has 11 rings (SSSR count). The van der Waals surface area contributed by atoms with Crippen LogP contribution in [0.1, 0.15) is 0 Å². The van der Waals surface area contributed by atoms with E-state index in [2.05, 4.69) is 167 Å². The van der Waals surface area contributed by atoms with Crippen molar-refractivity contribution in [2.75, 3.05) is 0 Å². The van der Waals surface area contributed by atoms with E-state index >= 15 is 0 Å². The second kappa shape index (κ2) is 11.2. The van der Waals surface area contributed by atoms with E-state index in [4.69, 9.17) is 15.0 Å². The summed E-state index contributed by atoms with van der Waals surface area (Å²) in [4.78, 5) is 15.8. The van der Waals surface area contributed by atoms with Gasteiger partial charge in [-0.05, 0) is 58.7 Å². The van der Waals surface area contributed by atoms with Gasteiger partial charge in [0, 0.05) is 32.7 Å². The monoisotopic (exact) mass is 663 g/mol. The molecule has 5 nitrogen and oxygen atoms in total. The molecule has 0 aliphatic rings. The number of rotatable bonds is 5. The first-order chi connectivity index (χ1) is 25.8. The average molecular weight is 664 g/mol. The van der Waals surface area contributed by atoms with Crippen molar-refractivity contribution in [3.63, 3.8) is 0 Å². The molecule has 0 saturated heterocycles. The number of aromatic nitrogens is 5. The molecule has 5 heterocycles. The van der Waals surface area contributed by atoms with Gasteiger partial charge in [0.1, 0.15) is 0 Å². The Hall–Kier alpha value is -7.11. The summed E-state index contributed by atoms with van der Waals surface area (Å²) >= 11 is 0. The zero-order chi connectivity index (χ0) is 34.2. The van der Waals surface area contributed by atoms with Crippen molar-refractivity contribution in [2.24, 2.45) is 0 Å². The third kappa shape index (κ3) is 4.26. The summed E-state index contributed by atoms with van der Waals surface area (Å²) in [5, 5.41) is 4.86. The van der Waals surface area contributed by atoms with Gasteiger partial charge < -0.3 is 4.40 Å². The van der Waals surface area contributed by atoms with Crippen LogP contribution in [0.15, 0.2) is 176 Å². The molecule has 0 N–H and O–H groups in total. The van der Waals surface area contributed by atoms with Crippen molar-refractivity contribution in [2.45, 2.75) is 0 Å². The fourth-order valence-electron chi connectivity index (χ4n) is 8.02. The standard InChI is InChI=1S/C47H29N5/c1-4-15-30(16-5-1)33-27-34(31-17-6-2-7-18-31)29-35(28-33)46-48-45(32-19-8-3-9-20-32)49-47(50-46)52-40-24-13-12-23-38(40)42-43-37-22-11-10-21-36(37)39-25-14-26-41(44(42)52)51(39)43/h1-29H. The number of fused-ring (bicyclic) bond motifs is 8. The SMILES string of the molecule is c1ccc(-c2cc(-c3ccccc3)cc(-c3nc(-c4ccccc4)nc(-n4c5ccccc5c5c4c4cccc6c7ccccc7c5n64)n3)c2)cc1. The minimum Gasteiger partial charge on any atom is -0.306 e. The highest BCUT2D eigenvalue weighted by molar-refractivity contribution is 6.30. The molecule has 242 valence electrons. The Kier molecular flexibility index (Phi) is 6.18. The summed E-state index contributed by atoms with van der Waals surface area (Å²) in [6.07, 6.45) is 0. The number of hydrogen-bond donors (Lipinski definition) is 0. The Balaban J connectivity index is 1.24. The topological polar surface area (TPSA) is 48.0 Å². The molecule has 0 atom stereocenters. The maximum atomic E-state index is 5.37. The van der Waals surface area contributed by atoms with Crippen LogP contribution in [-0.2, 0) is 0 Å². The Morgan fingerprint density at radius 3 is 1.50 bits per heavy atom. The summed E-state index contributed by atoms with van der Waals surface area (Å²) < 4.78 is 4.66. The molecule has 0 saturated carbocycles. The smallest absolute Gasteiger partial charge is 0.238 e. The van der Waals surface area contributed by atoms with Crippen molar-refractivity contribution < 1.29 is 0 Å².